The van der Waals surface area contributed by atoms with Gasteiger partial charge in [-0.15, -0.1) is 0 Å². The molecule has 6 rings (SSSR count). The predicted octanol–water partition coefficient (Wildman–Crippen LogP) is 4.02. The molecule has 0 atom stereocenters. The number of rotatable bonds is 7. The van der Waals surface area contributed by atoms with E-state index in [-0.39, 0.29) is 30.9 Å². The molecule has 0 radical (unpaired) electrons. The van der Waals surface area contributed by atoms with Gasteiger partial charge in [0.05, 0.1) is 0 Å². The Hall–Kier alpha value is -3.35. The van der Waals surface area contributed by atoms with E-state index in [1.807, 2.05) is 24.3 Å². The topological polar surface area (TPSA) is 95.9 Å². The molecule has 7 nitrogen and oxygen atoms in total. The van der Waals surface area contributed by atoms with E-state index < -0.39 is 23.0 Å². The van der Waals surface area contributed by atoms with E-state index in [2.05, 4.69) is 29.6 Å². The van der Waals surface area contributed by atoms with Crippen LogP contribution in [0.1, 0.15) is 50.2 Å². The fraction of sp³-hybridized carbons (Fsp3) is 0.444. The van der Waals surface area contributed by atoms with Crippen LogP contribution in [0, 0.1) is 11.3 Å². The molecule has 2 aliphatic heterocycles. The number of carboxylic acids is 1. The molecule has 2 amide bonds. The van der Waals surface area contributed by atoms with Crippen LogP contribution >= 0.6 is 0 Å². The number of amides is 2. The lowest BCUT2D eigenvalue weighted by molar-refractivity contribution is -0.162. The number of alkyl carbamates (subject to hydrolysis) is 1. The summed E-state index contributed by atoms with van der Waals surface area (Å²) < 4.78 is 5.56. The van der Waals surface area contributed by atoms with Gasteiger partial charge in [0.2, 0.25) is 5.91 Å². The van der Waals surface area contributed by atoms with Gasteiger partial charge in [0, 0.05) is 24.4 Å². The van der Waals surface area contributed by atoms with Crippen molar-refractivity contribution in [3.63, 3.8) is 0 Å². The Morgan fingerprint density at radius 3 is 2.24 bits per heavy atom. The van der Waals surface area contributed by atoms with Gasteiger partial charge in [-0.05, 0) is 47.4 Å². The number of hydrogen-bond acceptors (Lipinski definition) is 4. The van der Waals surface area contributed by atoms with Crippen LogP contribution in [0.4, 0.5) is 4.79 Å². The fourth-order valence-corrected chi connectivity index (χ4v) is 5.84. The second-order valence-corrected chi connectivity index (χ2v) is 10.4. The van der Waals surface area contributed by atoms with Crippen molar-refractivity contribution in [2.75, 3.05) is 19.7 Å². The molecule has 3 fully saturated rings. The van der Waals surface area contributed by atoms with E-state index in [4.69, 9.17) is 4.74 Å². The van der Waals surface area contributed by atoms with Crippen molar-refractivity contribution in [3.05, 3.63) is 59.7 Å². The van der Waals surface area contributed by atoms with Crippen molar-refractivity contribution >= 4 is 18.0 Å². The molecule has 4 aliphatic rings. The standard InChI is InChI=1S/C27H30N2O5/c1-26(2,23(30)29-15-17-13-27(29,14-17)24(31)32)11-12-28-25(33)34-16-22-20-9-5-3-7-18(20)19-8-4-6-10-21(19)22/h3-10,17,22H,11-16H2,1-2H3,(H,28,33)(H,31,32). The Morgan fingerprint density at radius 2 is 1.65 bits per heavy atom. The van der Waals surface area contributed by atoms with E-state index in [0.29, 0.717) is 25.8 Å². The SMILES string of the molecule is CC(C)(CCNC(=O)OCC1c2ccccc2-c2ccccc21)C(=O)N1CC2CC1(C(=O)O)C2. The van der Waals surface area contributed by atoms with Gasteiger partial charge < -0.3 is 20.1 Å². The zero-order valence-electron chi connectivity index (χ0n) is 19.5. The fourth-order valence-electron chi connectivity index (χ4n) is 5.84. The minimum absolute atomic E-state index is 0.00923. The third-order valence-electron chi connectivity index (χ3n) is 7.80. The number of aliphatic carboxylic acids is 1. The quantitative estimate of drug-likeness (QED) is 0.648. The van der Waals surface area contributed by atoms with E-state index >= 15 is 0 Å². The van der Waals surface area contributed by atoms with Gasteiger partial charge in [0.25, 0.3) is 0 Å². The van der Waals surface area contributed by atoms with Crippen LogP contribution in [-0.4, -0.2) is 53.2 Å². The van der Waals surface area contributed by atoms with Gasteiger partial charge in [-0.2, -0.15) is 0 Å². The first-order chi connectivity index (χ1) is 16.2. The molecule has 34 heavy (non-hydrogen) atoms. The van der Waals surface area contributed by atoms with Crippen LogP contribution in [-0.2, 0) is 14.3 Å². The van der Waals surface area contributed by atoms with Crippen LogP contribution < -0.4 is 5.32 Å². The summed E-state index contributed by atoms with van der Waals surface area (Å²) in [4.78, 5) is 38.9. The lowest BCUT2D eigenvalue weighted by Gasteiger charge is -2.40. The zero-order chi connectivity index (χ0) is 24.1. The van der Waals surface area contributed by atoms with Crippen molar-refractivity contribution in [2.45, 2.75) is 44.6 Å². The number of nitrogens with one attached hydrogen (secondary N) is 1. The average Bonchev–Trinajstić information content (AvgIpc) is 3.45. The van der Waals surface area contributed by atoms with Gasteiger partial charge >= 0.3 is 12.1 Å². The van der Waals surface area contributed by atoms with E-state index in [1.54, 1.807) is 18.7 Å². The first-order valence-electron chi connectivity index (χ1n) is 11.9. The summed E-state index contributed by atoms with van der Waals surface area (Å²) in [6.07, 6.45) is 0.965. The summed E-state index contributed by atoms with van der Waals surface area (Å²) in [5, 5.41) is 12.4. The van der Waals surface area contributed by atoms with Crippen molar-refractivity contribution in [3.8, 4) is 11.1 Å². The van der Waals surface area contributed by atoms with Crippen LogP contribution in [0.5, 0.6) is 0 Å². The maximum atomic E-state index is 13.1. The highest BCUT2D eigenvalue weighted by atomic mass is 16.5. The summed E-state index contributed by atoms with van der Waals surface area (Å²) in [5.74, 6) is -0.800. The van der Waals surface area contributed by atoms with Crippen LogP contribution in [0.2, 0.25) is 0 Å². The third-order valence-corrected chi connectivity index (χ3v) is 7.80. The molecule has 2 saturated heterocycles. The summed E-state index contributed by atoms with van der Waals surface area (Å²) in [6.45, 7) is 4.62. The van der Waals surface area contributed by atoms with Crippen LogP contribution in [0.3, 0.4) is 0 Å². The first kappa shape index (κ1) is 22.4. The van der Waals surface area contributed by atoms with Crippen molar-refractivity contribution in [1.29, 1.82) is 0 Å². The lowest BCUT2D eigenvalue weighted by Crippen LogP contribution is -2.57. The van der Waals surface area contributed by atoms with Crippen LogP contribution in [0.25, 0.3) is 11.1 Å². The maximum absolute atomic E-state index is 13.1. The second-order valence-electron chi connectivity index (χ2n) is 10.4. The summed E-state index contributed by atoms with van der Waals surface area (Å²) in [7, 11) is 0. The molecule has 2 heterocycles. The molecule has 7 heteroatoms. The van der Waals surface area contributed by atoms with Crippen molar-refractivity contribution in [2.24, 2.45) is 11.3 Å². The third kappa shape index (κ3) is 3.54. The molecule has 2 bridgehead atoms. The Morgan fingerprint density at radius 1 is 1.06 bits per heavy atom. The number of nitrogens with zero attached hydrogens (tertiary/aromatic N) is 1. The Balaban J connectivity index is 1.15. The molecule has 0 unspecified atom stereocenters. The van der Waals surface area contributed by atoms with Crippen LogP contribution in [0.15, 0.2) is 48.5 Å². The van der Waals surface area contributed by atoms with Crippen molar-refractivity contribution < 1.29 is 24.2 Å². The minimum Gasteiger partial charge on any atom is -0.479 e. The molecule has 0 spiro atoms. The normalized spacial score (nSPS) is 22.5. The largest absolute Gasteiger partial charge is 0.479 e. The molecule has 2 aromatic carbocycles. The number of carboxylic acid groups (broad SMARTS) is 1. The number of ether oxygens (including phenoxy) is 1. The van der Waals surface area contributed by atoms with E-state index in [9.17, 15) is 19.5 Å². The van der Waals surface area contributed by atoms with Gasteiger partial charge in [-0.25, -0.2) is 9.59 Å². The molecule has 2 aliphatic carbocycles. The Labute approximate surface area is 199 Å². The minimum atomic E-state index is -1.03. The molecule has 178 valence electrons. The maximum Gasteiger partial charge on any atom is 0.407 e. The molecule has 1 saturated carbocycles. The lowest BCUT2D eigenvalue weighted by atomic mass is 9.73. The highest BCUT2D eigenvalue weighted by Gasteiger charge is 2.63. The predicted molar refractivity (Wildman–Crippen MR) is 126 cm³/mol. The highest BCUT2D eigenvalue weighted by Crippen LogP contribution is 2.52. The molecule has 2 aromatic rings. The summed E-state index contributed by atoms with van der Waals surface area (Å²) in [5.41, 5.74) is 2.84. The first-order valence-corrected chi connectivity index (χ1v) is 11.9. The number of benzene rings is 2. The molecule has 0 aromatic heterocycles. The molecule has 2 N–H and O–H groups in total. The number of carbonyl (C=O) groups excluding carboxylic acids is 2. The number of carbonyl (C=O) groups is 3. The zero-order valence-corrected chi connectivity index (χ0v) is 19.5. The second kappa shape index (κ2) is 8.15. The summed E-state index contributed by atoms with van der Waals surface area (Å²) in [6, 6.07) is 16.3. The molecular formula is C27H30N2O5. The van der Waals surface area contributed by atoms with Gasteiger partial charge in [-0.3, -0.25) is 4.79 Å². The number of hydrogen-bond donors (Lipinski definition) is 2. The van der Waals surface area contributed by atoms with Gasteiger partial charge in [-0.1, -0.05) is 62.4 Å². The summed E-state index contributed by atoms with van der Waals surface area (Å²) >= 11 is 0. The van der Waals surface area contributed by atoms with Crippen molar-refractivity contribution in [1.82, 2.24) is 10.2 Å². The van der Waals surface area contributed by atoms with E-state index in [1.165, 1.54) is 11.1 Å². The van der Waals surface area contributed by atoms with Gasteiger partial charge in [0.15, 0.2) is 0 Å². The van der Waals surface area contributed by atoms with E-state index in [0.717, 1.165) is 11.1 Å². The molecular weight excluding hydrogens is 432 g/mol. The monoisotopic (exact) mass is 462 g/mol. The Bertz CT molecular complexity index is 1110. The highest BCUT2D eigenvalue weighted by molar-refractivity contribution is 5.92. The smallest absolute Gasteiger partial charge is 0.407 e. The number of fused-ring (bicyclic) bond motifs is 4. The Kier molecular flexibility index (Phi) is 5.38. The van der Waals surface area contributed by atoms with Gasteiger partial charge in [0.1, 0.15) is 12.1 Å². The average molecular weight is 463 g/mol.